The highest BCUT2D eigenvalue weighted by Gasteiger charge is 2.20. The topological polar surface area (TPSA) is 74.4 Å². The number of aromatic nitrogens is 1. The summed E-state index contributed by atoms with van der Waals surface area (Å²) in [6, 6.07) is 1.37. The summed E-state index contributed by atoms with van der Waals surface area (Å²) in [5, 5.41) is 0. The van der Waals surface area contributed by atoms with Crippen LogP contribution < -0.4 is 10.5 Å². The van der Waals surface area contributed by atoms with Crippen molar-refractivity contribution < 1.29 is 23.0 Å². The van der Waals surface area contributed by atoms with Crippen molar-refractivity contribution in [1.29, 1.82) is 0 Å². The third-order valence-electron chi connectivity index (χ3n) is 2.36. The summed E-state index contributed by atoms with van der Waals surface area (Å²) in [5.74, 6) is -0.341. The second-order valence-corrected chi connectivity index (χ2v) is 3.44. The molecule has 100 valence electrons. The molecule has 0 fully saturated rings. The Morgan fingerprint density at radius 2 is 2.17 bits per heavy atom. The number of hydrogen-bond donors (Lipinski definition) is 1. The van der Waals surface area contributed by atoms with Crippen LogP contribution in [0.5, 0.6) is 5.75 Å². The number of esters is 1. The highest BCUT2D eigenvalue weighted by molar-refractivity contribution is 5.72. The zero-order valence-electron chi connectivity index (χ0n) is 10.1. The lowest BCUT2D eigenvalue weighted by molar-refractivity contribution is -0.139. The second-order valence-electron chi connectivity index (χ2n) is 3.44. The maximum atomic E-state index is 12.8. The van der Waals surface area contributed by atoms with Gasteiger partial charge >= 0.3 is 5.97 Å². The zero-order chi connectivity index (χ0) is 13.7. The molecule has 0 aliphatic heterocycles. The molecule has 0 radical (unpaired) electrons. The van der Waals surface area contributed by atoms with Crippen LogP contribution in [0.3, 0.4) is 0 Å². The lowest BCUT2D eigenvalue weighted by atomic mass is 10.1. The largest absolute Gasteiger partial charge is 0.495 e. The van der Waals surface area contributed by atoms with Crippen LogP contribution in [0.25, 0.3) is 0 Å². The number of alkyl halides is 2. The van der Waals surface area contributed by atoms with Gasteiger partial charge in [0.25, 0.3) is 6.43 Å². The molecule has 0 saturated heterocycles. The highest BCUT2D eigenvalue weighted by atomic mass is 19.3. The Morgan fingerprint density at radius 1 is 1.50 bits per heavy atom. The molecule has 18 heavy (non-hydrogen) atoms. The highest BCUT2D eigenvalue weighted by Crippen LogP contribution is 2.27. The van der Waals surface area contributed by atoms with E-state index < -0.39 is 18.1 Å². The van der Waals surface area contributed by atoms with Gasteiger partial charge in [-0.05, 0) is 11.6 Å². The molecule has 0 aromatic carbocycles. The fourth-order valence-corrected chi connectivity index (χ4v) is 1.45. The van der Waals surface area contributed by atoms with Crippen LogP contribution in [-0.4, -0.2) is 25.2 Å². The number of ether oxygens (including phenoxy) is 2. The molecule has 7 heteroatoms. The van der Waals surface area contributed by atoms with Crippen LogP contribution >= 0.6 is 0 Å². The molecule has 1 heterocycles. The van der Waals surface area contributed by atoms with Crippen LogP contribution in [0, 0.1) is 0 Å². The molecule has 0 aliphatic carbocycles. The van der Waals surface area contributed by atoms with Crippen molar-refractivity contribution in [3.05, 3.63) is 23.0 Å². The Kier molecular flexibility index (Phi) is 4.96. The normalized spacial score (nSPS) is 10.6. The van der Waals surface area contributed by atoms with E-state index in [0.29, 0.717) is 0 Å². The van der Waals surface area contributed by atoms with Crippen molar-refractivity contribution in [2.75, 3.05) is 14.2 Å². The third-order valence-corrected chi connectivity index (χ3v) is 2.36. The van der Waals surface area contributed by atoms with Gasteiger partial charge in [0.05, 0.1) is 26.3 Å². The minimum absolute atomic E-state index is 0.0818. The van der Waals surface area contributed by atoms with Gasteiger partial charge in [0.15, 0.2) is 0 Å². The number of nitrogens with zero attached hydrogens (tertiary/aromatic N) is 1. The number of rotatable bonds is 5. The molecule has 0 amide bonds. The van der Waals surface area contributed by atoms with Crippen LogP contribution in [-0.2, 0) is 22.5 Å². The van der Waals surface area contributed by atoms with Gasteiger partial charge in [0.1, 0.15) is 11.4 Å². The molecular weight excluding hydrogens is 246 g/mol. The van der Waals surface area contributed by atoms with Crippen LogP contribution in [0.1, 0.15) is 23.4 Å². The average molecular weight is 260 g/mol. The molecule has 0 bridgehead atoms. The first-order chi connectivity index (χ1) is 8.53. The molecule has 5 nitrogen and oxygen atoms in total. The molecule has 0 saturated carbocycles. The summed E-state index contributed by atoms with van der Waals surface area (Å²) in [6.45, 7) is -0.0818. The second kappa shape index (κ2) is 6.25. The summed E-state index contributed by atoms with van der Waals surface area (Å²) >= 11 is 0. The number of nitrogens with two attached hydrogens (primary N) is 1. The smallest absolute Gasteiger partial charge is 0.311 e. The molecule has 0 atom stereocenters. The SMILES string of the molecule is COC(=O)Cc1nc(C(F)F)c(CN)cc1OC. The van der Waals surface area contributed by atoms with E-state index in [-0.39, 0.29) is 30.0 Å². The van der Waals surface area contributed by atoms with Gasteiger partial charge in [-0.1, -0.05) is 0 Å². The number of pyridine rings is 1. The number of methoxy groups -OCH3 is 2. The van der Waals surface area contributed by atoms with E-state index in [1.54, 1.807) is 0 Å². The lowest BCUT2D eigenvalue weighted by Gasteiger charge is -2.12. The first-order valence-electron chi connectivity index (χ1n) is 5.15. The molecule has 2 N–H and O–H groups in total. The van der Waals surface area contributed by atoms with E-state index in [1.807, 2.05) is 0 Å². The number of halogens is 2. The number of carbonyl (C=O) groups excluding carboxylic acids is 1. The van der Waals surface area contributed by atoms with Crippen LogP contribution in [0.15, 0.2) is 6.07 Å². The Labute approximate surface area is 103 Å². The van der Waals surface area contributed by atoms with Gasteiger partial charge in [-0.2, -0.15) is 0 Å². The first kappa shape index (κ1) is 14.3. The Bertz CT molecular complexity index is 439. The molecule has 0 unspecified atom stereocenters. The first-order valence-corrected chi connectivity index (χ1v) is 5.15. The van der Waals surface area contributed by atoms with Gasteiger partial charge in [-0.3, -0.25) is 4.79 Å². The number of carbonyl (C=O) groups is 1. The fourth-order valence-electron chi connectivity index (χ4n) is 1.45. The molecule has 1 rings (SSSR count). The molecular formula is C11H14F2N2O3. The average Bonchev–Trinajstić information content (AvgIpc) is 2.37. The van der Waals surface area contributed by atoms with Crippen molar-refractivity contribution in [2.45, 2.75) is 19.4 Å². The third kappa shape index (κ3) is 3.13. The predicted molar refractivity (Wildman–Crippen MR) is 59.4 cm³/mol. The molecule has 0 aliphatic rings. The minimum atomic E-state index is -2.76. The standard InChI is InChI=1S/C11H14F2N2O3/c1-17-8-3-6(5-14)10(11(12)13)15-7(8)4-9(16)18-2/h3,11H,4-5,14H2,1-2H3. The van der Waals surface area contributed by atoms with Crippen molar-refractivity contribution in [2.24, 2.45) is 5.73 Å². The summed E-state index contributed by atoms with van der Waals surface area (Å²) in [7, 11) is 2.57. The Hall–Kier alpha value is -1.76. The van der Waals surface area contributed by atoms with Crippen molar-refractivity contribution in [3.8, 4) is 5.75 Å². The maximum absolute atomic E-state index is 12.8. The van der Waals surface area contributed by atoms with Gasteiger partial charge in [0, 0.05) is 6.54 Å². The fraction of sp³-hybridized carbons (Fsp3) is 0.455. The monoisotopic (exact) mass is 260 g/mol. The van der Waals surface area contributed by atoms with Crippen molar-refractivity contribution in [3.63, 3.8) is 0 Å². The maximum Gasteiger partial charge on any atom is 0.311 e. The van der Waals surface area contributed by atoms with E-state index in [2.05, 4.69) is 9.72 Å². The zero-order valence-corrected chi connectivity index (χ0v) is 10.1. The van der Waals surface area contributed by atoms with Crippen molar-refractivity contribution in [1.82, 2.24) is 4.98 Å². The summed E-state index contributed by atoms with van der Waals surface area (Å²) in [6.07, 6.45) is -2.99. The van der Waals surface area contributed by atoms with E-state index >= 15 is 0 Å². The minimum Gasteiger partial charge on any atom is -0.495 e. The predicted octanol–water partition coefficient (Wildman–Crippen LogP) is 1.20. The molecule has 1 aromatic rings. The summed E-state index contributed by atoms with van der Waals surface area (Å²) < 4.78 is 35.0. The van der Waals surface area contributed by atoms with Crippen LogP contribution in [0.4, 0.5) is 8.78 Å². The van der Waals surface area contributed by atoms with E-state index in [9.17, 15) is 13.6 Å². The lowest BCUT2D eigenvalue weighted by Crippen LogP contribution is -2.12. The van der Waals surface area contributed by atoms with Gasteiger partial charge < -0.3 is 15.2 Å². The molecule has 1 aromatic heterocycles. The van der Waals surface area contributed by atoms with E-state index in [4.69, 9.17) is 10.5 Å². The van der Waals surface area contributed by atoms with Crippen LogP contribution in [0.2, 0.25) is 0 Å². The molecule has 0 spiro atoms. The summed E-state index contributed by atoms with van der Waals surface area (Å²) in [5.41, 5.74) is 5.23. The van der Waals surface area contributed by atoms with Crippen molar-refractivity contribution >= 4 is 5.97 Å². The summed E-state index contributed by atoms with van der Waals surface area (Å²) in [4.78, 5) is 14.9. The van der Waals surface area contributed by atoms with Gasteiger partial charge in [-0.15, -0.1) is 0 Å². The van der Waals surface area contributed by atoms with E-state index in [1.165, 1.54) is 20.3 Å². The van der Waals surface area contributed by atoms with Gasteiger partial charge in [0.2, 0.25) is 0 Å². The quantitative estimate of drug-likeness (QED) is 0.805. The Balaban J connectivity index is 3.22. The van der Waals surface area contributed by atoms with E-state index in [0.717, 1.165) is 0 Å². The van der Waals surface area contributed by atoms with Gasteiger partial charge in [-0.25, -0.2) is 13.8 Å². The Morgan fingerprint density at radius 3 is 2.61 bits per heavy atom. The number of hydrogen-bond acceptors (Lipinski definition) is 5.